The fourth-order valence-corrected chi connectivity index (χ4v) is 2.40. The maximum Gasteiger partial charge on any atom is 0.173 e. The van der Waals surface area contributed by atoms with Crippen LogP contribution in [0.4, 0.5) is 0 Å². The van der Waals surface area contributed by atoms with Crippen LogP contribution in [0.25, 0.3) is 0 Å². The van der Waals surface area contributed by atoms with Crippen LogP contribution in [0, 0.1) is 5.41 Å². The lowest BCUT2D eigenvalue weighted by atomic mass is 9.90. The van der Waals surface area contributed by atoms with Gasteiger partial charge in [-0.25, -0.2) is 0 Å². The Morgan fingerprint density at radius 3 is 2.54 bits per heavy atom. The van der Waals surface area contributed by atoms with Gasteiger partial charge < -0.3 is 0 Å². The molecule has 0 spiro atoms. The highest BCUT2D eigenvalue weighted by molar-refractivity contribution is 9.10. The van der Waals surface area contributed by atoms with E-state index in [1.165, 1.54) is 11.3 Å². The van der Waals surface area contributed by atoms with Crippen LogP contribution in [0.2, 0.25) is 0 Å². The molecule has 0 aliphatic heterocycles. The zero-order valence-corrected chi connectivity index (χ0v) is 10.5. The van der Waals surface area contributed by atoms with E-state index in [2.05, 4.69) is 36.7 Å². The van der Waals surface area contributed by atoms with Gasteiger partial charge in [-0.2, -0.15) is 0 Å². The summed E-state index contributed by atoms with van der Waals surface area (Å²) in [7, 11) is 0. The van der Waals surface area contributed by atoms with Crippen molar-refractivity contribution in [3.8, 4) is 0 Å². The van der Waals surface area contributed by atoms with Crippen molar-refractivity contribution in [3.63, 3.8) is 0 Å². The SMILES string of the molecule is CC(C)(C)CC(=O)c1cc(Br)cs1. The Bertz CT molecular complexity index is 309. The second-order valence-electron chi connectivity index (χ2n) is 4.29. The van der Waals surface area contributed by atoms with Gasteiger partial charge >= 0.3 is 0 Å². The van der Waals surface area contributed by atoms with Crippen LogP contribution in [0.15, 0.2) is 15.9 Å². The molecule has 0 aromatic carbocycles. The van der Waals surface area contributed by atoms with Crippen LogP contribution in [0.5, 0.6) is 0 Å². The molecule has 72 valence electrons. The van der Waals surface area contributed by atoms with Gasteiger partial charge in [0, 0.05) is 16.3 Å². The summed E-state index contributed by atoms with van der Waals surface area (Å²) in [5.74, 6) is 0.239. The molecular formula is C10H13BrOS. The lowest BCUT2D eigenvalue weighted by Crippen LogP contribution is -2.11. The van der Waals surface area contributed by atoms with Gasteiger partial charge in [0.25, 0.3) is 0 Å². The molecule has 0 bridgehead atoms. The quantitative estimate of drug-likeness (QED) is 0.731. The second kappa shape index (κ2) is 3.93. The number of rotatable bonds is 2. The van der Waals surface area contributed by atoms with Crippen molar-refractivity contribution in [1.82, 2.24) is 0 Å². The van der Waals surface area contributed by atoms with E-state index in [4.69, 9.17) is 0 Å². The summed E-state index contributed by atoms with van der Waals surface area (Å²) in [6.07, 6.45) is 0.611. The van der Waals surface area contributed by atoms with Crippen LogP contribution in [-0.2, 0) is 0 Å². The topological polar surface area (TPSA) is 17.1 Å². The van der Waals surface area contributed by atoms with Crippen LogP contribution in [0.3, 0.4) is 0 Å². The van der Waals surface area contributed by atoms with Crippen LogP contribution < -0.4 is 0 Å². The summed E-state index contributed by atoms with van der Waals surface area (Å²) in [4.78, 5) is 12.5. The lowest BCUT2D eigenvalue weighted by molar-refractivity contribution is 0.0944. The molecule has 0 unspecified atom stereocenters. The van der Waals surface area contributed by atoms with Gasteiger partial charge in [-0.15, -0.1) is 11.3 Å². The van der Waals surface area contributed by atoms with Crippen molar-refractivity contribution < 1.29 is 4.79 Å². The van der Waals surface area contributed by atoms with E-state index in [9.17, 15) is 4.79 Å². The average molecular weight is 261 g/mol. The van der Waals surface area contributed by atoms with E-state index >= 15 is 0 Å². The zero-order valence-electron chi connectivity index (χ0n) is 8.06. The molecule has 1 aromatic heterocycles. The van der Waals surface area contributed by atoms with Gasteiger partial charge in [0.15, 0.2) is 5.78 Å². The summed E-state index contributed by atoms with van der Waals surface area (Å²) in [6, 6.07) is 1.89. The standard InChI is InChI=1S/C10H13BrOS/c1-10(2,3)5-8(12)9-4-7(11)6-13-9/h4,6H,5H2,1-3H3. The molecule has 0 aliphatic rings. The highest BCUT2D eigenvalue weighted by Crippen LogP contribution is 2.26. The third-order valence-electron chi connectivity index (χ3n) is 1.53. The van der Waals surface area contributed by atoms with E-state index in [-0.39, 0.29) is 11.2 Å². The number of hydrogen-bond acceptors (Lipinski definition) is 2. The summed E-state index contributed by atoms with van der Waals surface area (Å²) < 4.78 is 0.995. The molecule has 3 heteroatoms. The van der Waals surface area contributed by atoms with E-state index in [0.717, 1.165) is 9.35 Å². The predicted molar refractivity (Wildman–Crippen MR) is 60.4 cm³/mol. The first kappa shape index (κ1) is 10.9. The van der Waals surface area contributed by atoms with Crippen molar-refractivity contribution in [2.24, 2.45) is 5.41 Å². The molecule has 0 fully saturated rings. The van der Waals surface area contributed by atoms with Crippen molar-refractivity contribution in [3.05, 3.63) is 20.8 Å². The minimum absolute atomic E-state index is 0.0769. The Balaban J connectivity index is 2.70. The minimum atomic E-state index is 0.0769. The van der Waals surface area contributed by atoms with Crippen molar-refractivity contribution in [1.29, 1.82) is 0 Å². The molecule has 1 rings (SSSR count). The zero-order chi connectivity index (χ0) is 10.1. The van der Waals surface area contributed by atoms with Crippen molar-refractivity contribution >= 4 is 33.0 Å². The molecule has 1 aromatic rings. The minimum Gasteiger partial charge on any atom is -0.293 e. The number of thiophene rings is 1. The molecule has 13 heavy (non-hydrogen) atoms. The highest BCUT2D eigenvalue weighted by Gasteiger charge is 2.18. The number of carbonyl (C=O) groups excluding carboxylic acids is 1. The van der Waals surface area contributed by atoms with Crippen molar-refractivity contribution in [2.75, 3.05) is 0 Å². The van der Waals surface area contributed by atoms with Gasteiger partial charge in [0.2, 0.25) is 0 Å². The lowest BCUT2D eigenvalue weighted by Gasteiger charge is -2.15. The molecule has 0 amide bonds. The van der Waals surface area contributed by atoms with Gasteiger partial charge in [-0.05, 0) is 27.4 Å². The molecule has 0 N–H and O–H groups in total. The van der Waals surface area contributed by atoms with Gasteiger partial charge in [-0.1, -0.05) is 20.8 Å². The number of halogens is 1. The molecule has 1 heterocycles. The fourth-order valence-electron chi connectivity index (χ4n) is 1.03. The molecule has 0 aliphatic carbocycles. The first-order valence-corrected chi connectivity index (χ1v) is 5.83. The van der Waals surface area contributed by atoms with E-state index in [0.29, 0.717) is 6.42 Å². The predicted octanol–water partition coefficient (Wildman–Crippen LogP) is 4.13. The molecule has 0 atom stereocenters. The number of carbonyl (C=O) groups is 1. The van der Waals surface area contributed by atoms with E-state index < -0.39 is 0 Å². The fraction of sp³-hybridized carbons (Fsp3) is 0.500. The Labute approximate surface area is 91.3 Å². The van der Waals surface area contributed by atoms with Crippen molar-refractivity contribution in [2.45, 2.75) is 27.2 Å². The average Bonchev–Trinajstić information content (AvgIpc) is 2.31. The molecule has 0 radical (unpaired) electrons. The molecule has 1 nitrogen and oxygen atoms in total. The summed E-state index contributed by atoms with van der Waals surface area (Å²) in [5, 5.41) is 1.94. The highest BCUT2D eigenvalue weighted by atomic mass is 79.9. The third-order valence-corrected chi connectivity index (χ3v) is 3.27. The summed E-state index contributed by atoms with van der Waals surface area (Å²) in [5.41, 5.74) is 0.0769. The first-order chi connectivity index (χ1) is 5.88. The Morgan fingerprint density at radius 1 is 1.54 bits per heavy atom. The maximum absolute atomic E-state index is 11.7. The Morgan fingerprint density at radius 2 is 2.15 bits per heavy atom. The summed E-state index contributed by atoms with van der Waals surface area (Å²) in [6.45, 7) is 6.23. The third kappa shape index (κ3) is 3.61. The monoisotopic (exact) mass is 260 g/mol. The molecular weight excluding hydrogens is 248 g/mol. The molecule has 0 saturated heterocycles. The van der Waals surface area contributed by atoms with Gasteiger partial charge in [0.1, 0.15) is 0 Å². The largest absolute Gasteiger partial charge is 0.293 e. The van der Waals surface area contributed by atoms with E-state index in [1.54, 1.807) is 0 Å². The molecule has 0 saturated carbocycles. The maximum atomic E-state index is 11.7. The first-order valence-electron chi connectivity index (χ1n) is 4.16. The number of hydrogen-bond donors (Lipinski definition) is 0. The van der Waals surface area contributed by atoms with Crippen LogP contribution in [-0.4, -0.2) is 5.78 Å². The van der Waals surface area contributed by atoms with Crippen LogP contribution in [0.1, 0.15) is 36.9 Å². The van der Waals surface area contributed by atoms with Gasteiger partial charge in [0.05, 0.1) is 4.88 Å². The second-order valence-corrected chi connectivity index (χ2v) is 6.12. The Kier molecular flexibility index (Phi) is 3.30. The smallest absolute Gasteiger partial charge is 0.173 e. The summed E-state index contributed by atoms with van der Waals surface area (Å²) >= 11 is 4.84. The number of ketones is 1. The van der Waals surface area contributed by atoms with E-state index in [1.807, 2.05) is 11.4 Å². The number of Topliss-reactive ketones (excluding diaryl/α,β-unsaturated/α-hetero) is 1. The Hall–Kier alpha value is -0.150. The normalized spacial score (nSPS) is 11.7. The van der Waals surface area contributed by atoms with Crippen LogP contribution >= 0.6 is 27.3 Å². The van der Waals surface area contributed by atoms with Gasteiger partial charge in [-0.3, -0.25) is 4.79 Å².